The van der Waals surface area contributed by atoms with Crippen LogP contribution >= 0.6 is 0 Å². The number of fused-ring (bicyclic) bond motifs is 7. The van der Waals surface area contributed by atoms with Crippen LogP contribution < -0.4 is 31.1 Å². The van der Waals surface area contributed by atoms with E-state index in [1.54, 1.807) is 0 Å². The van der Waals surface area contributed by atoms with Gasteiger partial charge in [-0.2, -0.15) is 0 Å². The molecule has 3 nitrogen and oxygen atoms in total. The summed E-state index contributed by atoms with van der Waals surface area (Å²) in [4.78, 5) is 7.58. The van der Waals surface area contributed by atoms with Gasteiger partial charge in [-0.25, -0.2) is 0 Å². The minimum Gasteiger partial charge on any atom is -0.311 e. The fourth-order valence-corrected chi connectivity index (χ4v) is 10.9. The molecular weight excluding hydrogens is 810 g/mol. The summed E-state index contributed by atoms with van der Waals surface area (Å²) in [6.07, 6.45) is 1.25. The summed E-state index contributed by atoms with van der Waals surface area (Å²) in [5.41, 5.74) is 23.8. The number of rotatable bonds is 5. The van der Waals surface area contributed by atoms with Crippen molar-refractivity contribution in [2.45, 2.75) is 98.8 Å². The summed E-state index contributed by atoms with van der Waals surface area (Å²) in [5.74, 6) is 0. The van der Waals surface area contributed by atoms with Crippen LogP contribution in [0.15, 0.2) is 176 Å². The van der Waals surface area contributed by atoms with Crippen LogP contribution in [0.5, 0.6) is 0 Å². The van der Waals surface area contributed by atoms with Gasteiger partial charge in [-0.3, -0.25) is 0 Å². The molecule has 0 aromatic heterocycles. The first-order valence-electron chi connectivity index (χ1n) is 24.4. The highest BCUT2D eigenvalue weighted by Crippen LogP contribution is 2.55. The lowest BCUT2D eigenvalue weighted by Gasteiger charge is -2.45. The fraction of sp³-hybridized carbons (Fsp3) is 0.238. The standard InChI is InChI=1S/C60H56BN3.C3H8/c1-39-35-54-57-55(36-39)64(52-26-18-25-48-56(52)46-23-16-17-24-47(46)60(48,8)9)53-38-45(62(42-19-12-10-13-20-42)43-21-14-11-15-22-43)32-33-49(53)61(57)50-37-41(59(5,6)7)29-34-51(50)63(54)44-30-27-40(28-31-44)58(2,3)4;1-3-2/h10-38H,1-9H3;3H2,1-2H3. The van der Waals surface area contributed by atoms with E-state index in [4.69, 9.17) is 0 Å². The molecule has 0 unspecified atom stereocenters. The van der Waals surface area contributed by atoms with Gasteiger partial charge in [0.1, 0.15) is 0 Å². The molecule has 0 bridgehead atoms. The maximum atomic E-state index is 2.63. The second-order valence-electron chi connectivity index (χ2n) is 21.5. The van der Waals surface area contributed by atoms with Crippen molar-refractivity contribution in [3.05, 3.63) is 204 Å². The molecule has 8 aromatic rings. The van der Waals surface area contributed by atoms with Crippen LogP contribution in [0.25, 0.3) is 11.1 Å². The molecule has 334 valence electrons. The molecule has 2 heterocycles. The third kappa shape index (κ3) is 7.37. The first kappa shape index (κ1) is 44.1. The third-order valence-electron chi connectivity index (χ3n) is 14.2. The van der Waals surface area contributed by atoms with Gasteiger partial charge in [-0.05, 0) is 140 Å². The number of benzene rings is 8. The molecule has 67 heavy (non-hydrogen) atoms. The molecule has 0 fully saturated rings. The average molecular weight is 874 g/mol. The lowest BCUT2D eigenvalue weighted by molar-refractivity contribution is 0.590. The molecular formula is C63H64BN3. The third-order valence-corrected chi connectivity index (χ3v) is 14.2. The van der Waals surface area contributed by atoms with E-state index in [-0.39, 0.29) is 23.0 Å². The van der Waals surface area contributed by atoms with Crippen LogP contribution in [0.1, 0.15) is 103 Å². The Balaban J connectivity index is 0.00000171. The summed E-state index contributed by atoms with van der Waals surface area (Å²) in [7, 11) is 0. The van der Waals surface area contributed by atoms with Gasteiger partial charge in [0, 0.05) is 56.5 Å². The zero-order valence-corrected chi connectivity index (χ0v) is 41.4. The molecule has 1 aliphatic carbocycles. The number of hydrogen-bond donors (Lipinski definition) is 0. The first-order valence-corrected chi connectivity index (χ1v) is 24.4. The largest absolute Gasteiger partial charge is 0.311 e. The molecule has 2 aliphatic heterocycles. The van der Waals surface area contributed by atoms with E-state index in [1.165, 1.54) is 95.9 Å². The van der Waals surface area contributed by atoms with Gasteiger partial charge in [0.25, 0.3) is 6.71 Å². The Bertz CT molecular complexity index is 3100. The SMILES string of the molecule is CCC.Cc1cc2c3c(c1)N(c1cccc4c1-c1ccccc1C4(C)C)c1cc(N(c4ccccc4)c4ccccc4)ccc1B3c1cc(C(C)(C)C)ccc1N2c1ccc(C(C)(C)C)cc1. The highest BCUT2D eigenvalue weighted by atomic mass is 15.2. The van der Waals surface area contributed by atoms with Gasteiger partial charge in [0.15, 0.2) is 0 Å². The van der Waals surface area contributed by atoms with E-state index in [1.807, 2.05) is 0 Å². The topological polar surface area (TPSA) is 9.72 Å². The Morgan fingerprint density at radius 2 is 1.04 bits per heavy atom. The second-order valence-corrected chi connectivity index (χ2v) is 21.5. The highest BCUT2D eigenvalue weighted by Gasteiger charge is 2.46. The molecule has 0 N–H and O–H groups in total. The van der Waals surface area contributed by atoms with Crippen LogP contribution in [-0.4, -0.2) is 6.71 Å². The van der Waals surface area contributed by atoms with Crippen LogP contribution in [0.2, 0.25) is 0 Å². The maximum absolute atomic E-state index is 2.63. The molecule has 3 aliphatic rings. The number of para-hydroxylation sites is 2. The van der Waals surface area contributed by atoms with E-state index >= 15 is 0 Å². The molecule has 8 aromatic carbocycles. The van der Waals surface area contributed by atoms with Crippen LogP contribution in [-0.2, 0) is 16.2 Å². The predicted molar refractivity (Wildman–Crippen MR) is 291 cm³/mol. The summed E-state index contributed by atoms with van der Waals surface area (Å²) in [6.45, 7) is 25.2. The van der Waals surface area contributed by atoms with Crippen molar-refractivity contribution in [2.75, 3.05) is 14.7 Å². The first-order chi connectivity index (χ1) is 32.1. The summed E-state index contributed by atoms with van der Waals surface area (Å²) >= 11 is 0. The molecule has 0 atom stereocenters. The molecule has 0 spiro atoms. The van der Waals surface area contributed by atoms with E-state index in [0.29, 0.717) is 0 Å². The van der Waals surface area contributed by atoms with Gasteiger partial charge >= 0.3 is 0 Å². The number of anilines is 9. The van der Waals surface area contributed by atoms with Crippen LogP contribution in [0.3, 0.4) is 0 Å². The van der Waals surface area contributed by atoms with E-state index in [0.717, 1.165) is 17.1 Å². The van der Waals surface area contributed by atoms with Crippen molar-refractivity contribution in [1.29, 1.82) is 0 Å². The Hall–Kier alpha value is -6.78. The average Bonchev–Trinajstić information content (AvgIpc) is 3.55. The van der Waals surface area contributed by atoms with Gasteiger partial charge in [-0.1, -0.05) is 179 Å². The molecule has 0 saturated heterocycles. The lowest BCUT2D eigenvalue weighted by atomic mass is 9.33. The highest BCUT2D eigenvalue weighted by molar-refractivity contribution is 7.00. The maximum Gasteiger partial charge on any atom is 0.252 e. The van der Waals surface area contributed by atoms with Gasteiger partial charge < -0.3 is 14.7 Å². The van der Waals surface area contributed by atoms with Crippen LogP contribution in [0, 0.1) is 6.92 Å². The van der Waals surface area contributed by atoms with E-state index < -0.39 is 0 Å². The normalized spacial score (nSPS) is 14.0. The van der Waals surface area contributed by atoms with Gasteiger partial charge in [0.05, 0.1) is 5.69 Å². The predicted octanol–water partition coefficient (Wildman–Crippen LogP) is 15.9. The zero-order valence-electron chi connectivity index (χ0n) is 41.4. The van der Waals surface area contributed by atoms with E-state index in [2.05, 4.69) is 267 Å². The second kappa shape index (κ2) is 16.5. The molecule has 0 radical (unpaired) electrons. The Morgan fingerprint density at radius 3 is 1.67 bits per heavy atom. The zero-order chi connectivity index (χ0) is 47.0. The number of nitrogens with zero attached hydrogens (tertiary/aromatic N) is 3. The molecule has 0 saturated carbocycles. The smallest absolute Gasteiger partial charge is 0.252 e. The fourth-order valence-electron chi connectivity index (χ4n) is 10.9. The van der Waals surface area contributed by atoms with Gasteiger partial charge in [-0.15, -0.1) is 0 Å². The summed E-state index contributed by atoms with van der Waals surface area (Å²) in [5, 5.41) is 0. The van der Waals surface area contributed by atoms with Crippen molar-refractivity contribution in [1.82, 2.24) is 0 Å². The minimum atomic E-state index is -0.146. The van der Waals surface area contributed by atoms with Crippen molar-refractivity contribution < 1.29 is 0 Å². The minimum absolute atomic E-state index is 0.00399. The summed E-state index contributed by atoms with van der Waals surface area (Å²) < 4.78 is 0. The molecule has 4 heteroatoms. The van der Waals surface area contributed by atoms with Crippen LogP contribution in [0.4, 0.5) is 51.2 Å². The van der Waals surface area contributed by atoms with E-state index in [9.17, 15) is 0 Å². The Labute approximate surface area is 400 Å². The lowest BCUT2D eigenvalue weighted by Crippen LogP contribution is -2.61. The Morgan fingerprint density at radius 1 is 0.478 bits per heavy atom. The molecule has 0 amide bonds. The Kier molecular flexibility index (Phi) is 10.9. The molecule has 11 rings (SSSR count). The van der Waals surface area contributed by atoms with Crippen molar-refractivity contribution in [3.8, 4) is 11.1 Å². The van der Waals surface area contributed by atoms with Crippen molar-refractivity contribution in [3.63, 3.8) is 0 Å². The number of aryl methyl sites for hydroxylation is 1. The number of hydrogen-bond acceptors (Lipinski definition) is 3. The monoisotopic (exact) mass is 874 g/mol. The van der Waals surface area contributed by atoms with Crippen molar-refractivity contribution in [2.24, 2.45) is 0 Å². The summed E-state index contributed by atoms with van der Waals surface area (Å²) in [6, 6.07) is 66.4. The quantitative estimate of drug-likeness (QED) is 0.160. The van der Waals surface area contributed by atoms with Gasteiger partial charge in [0.2, 0.25) is 0 Å². The van der Waals surface area contributed by atoms with Crippen molar-refractivity contribution >= 4 is 74.3 Å².